The van der Waals surface area contributed by atoms with Crippen molar-refractivity contribution in [2.75, 3.05) is 19.2 Å². The van der Waals surface area contributed by atoms with E-state index in [0.29, 0.717) is 29.6 Å². The summed E-state index contributed by atoms with van der Waals surface area (Å²) in [6.45, 7) is 2.49. The highest BCUT2D eigenvalue weighted by atomic mass is 16.6. The van der Waals surface area contributed by atoms with Crippen molar-refractivity contribution in [1.29, 1.82) is 0 Å². The highest BCUT2D eigenvalue weighted by Crippen LogP contribution is 2.28. The first-order valence-electron chi connectivity index (χ1n) is 9.30. The van der Waals surface area contributed by atoms with E-state index in [1.54, 1.807) is 4.57 Å². The zero-order chi connectivity index (χ0) is 21.1. The number of imidazole rings is 1. The van der Waals surface area contributed by atoms with Crippen LogP contribution in [0.4, 0.5) is 5.95 Å². The van der Waals surface area contributed by atoms with Crippen LogP contribution in [0.3, 0.4) is 0 Å². The Morgan fingerprint density at radius 3 is 2.43 bits per heavy atom. The van der Waals surface area contributed by atoms with E-state index < -0.39 is 5.91 Å². The number of primary amides is 1. The minimum absolute atomic E-state index is 0.0257. The Kier molecular flexibility index (Phi) is 5.27. The fourth-order valence-electron chi connectivity index (χ4n) is 3.11. The molecule has 0 aliphatic carbocycles. The molecule has 4 rings (SSSR count). The molecule has 9 heteroatoms. The lowest BCUT2D eigenvalue weighted by Gasteiger charge is -2.10. The van der Waals surface area contributed by atoms with Crippen LogP contribution in [0.5, 0.6) is 5.75 Å². The maximum atomic E-state index is 12.2. The van der Waals surface area contributed by atoms with Crippen molar-refractivity contribution in [3.63, 3.8) is 0 Å². The summed E-state index contributed by atoms with van der Waals surface area (Å²) in [5.41, 5.74) is 10.6. The van der Waals surface area contributed by atoms with Gasteiger partial charge >= 0.3 is 0 Å². The van der Waals surface area contributed by atoms with Crippen LogP contribution >= 0.6 is 0 Å². The number of hydrogen-bond donors (Lipinski definition) is 2. The Hall–Kier alpha value is -3.98. The lowest BCUT2D eigenvalue weighted by atomic mass is 10.2. The number of hydrogen-bond acceptors (Lipinski definition) is 7. The lowest BCUT2D eigenvalue weighted by Crippen LogP contribution is -2.15. The first-order valence-corrected chi connectivity index (χ1v) is 9.30. The third-order valence-electron chi connectivity index (χ3n) is 4.37. The molecule has 0 radical (unpaired) electrons. The van der Waals surface area contributed by atoms with Crippen molar-refractivity contribution in [3.8, 4) is 22.8 Å². The minimum Gasteiger partial charge on any atom is -0.494 e. The van der Waals surface area contributed by atoms with E-state index in [4.69, 9.17) is 15.3 Å². The number of anilines is 1. The van der Waals surface area contributed by atoms with Gasteiger partial charge < -0.3 is 10.5 Å². The van der Waals surface area contributed by atoms with Gasteiger partial charge in [-0.25, -0.2) is 20.4 Å². The summed E-state index contributed by atoms with van der Waals surface area (Å²) in [5.74, 6) is 0.731. The summed E-state index contributed by atoms with van der Waals surface area (Å²) in [6, 6.07) is 16.8. The number of rotatable bonds is 7. The Bertz CT molecular complexity index is 1190. The highest BCUT2D eigenvalue weighted by Gasteiger charge is 2.22. The van der Waals surface area contributed by atoms with Crippen LogP contribution in [-0.2, 0) is 4.84 Å². The van der Waals surface area contributed by atoms with Gasteiger partial charge in [-0.3, -0.25) is 14.2 Å². The average Bonchev–Trinajstić information content (AvgIpc) is 3.12. The van der Waals surface area contributed by atoms with Crippen molar-refractivity contribution < 1.29 is 14.4 Å². The predicted octanol–water partition coefficient (Wildman–Crippen LogP) is 2.95. The Labute approximate surface area is 172 Å². The lowest BCUT2D eigenvalue weighted by molar-refractivity contribution is 0.0997. The van der Waals surface area contributed by atoms with E-state index in [2.05, 4.69) is 20.4 Å². The molecule has 152 valence electrons. The largest absolute Gasteiger partial charge is 0.494 e. The number of aromatic nitrogens is 4. The Morgan fingerprint density at radius 1 is 1.07 bits per heavy atom. The number of carbonyl (C=O) groups is 1. The number of fused-ring (bicyclic) bond motifs is 1. The summed E-state index contributed by atoms with van der Waals surface area (Å²) in [7, 11) is 1.47. The third-order valence-corrected chi connectivity index (χ3v) is 4.37. The number of carbonyl (C=O) groups excluding carboxylic acids is 1. The molecule has 9 nitrogen and oxygen atoms in total. The molecule has 2 aromatic heterocycles. The van der Waals surface area contributed by atoms with Gasteiger partial charge in [-0.2, -0.15) is 0 Å². The summed E-state index contributed by atoms with van der Waals surface area (Å²) in [6.07, 6.45) is 0. The summed E-state index contributed by atoms with van der Waals surface area (Å²) < 4.78 is 7.23. The van der Waals surface area contributed by atoms with Crippen molar-refractivity contribution in [1.82, 2.24) is 19.5 Å². The maximum absolute atomic E-state index is 12.2. The van der Waals surface area contributed by atoms with Crippen LogP contribution in [0.15, 0.2) is 54.6 Å². The molecular weight excluding hydrogens is 384 g/mol. The second kappa shape index (κ2) is 8.18. The molecule has 0 unspecified atom stereocenters. The fraction of sp³-hybridized carbons (Fsp3) is 0.143. The second-order valence-electron chi connectivity index (χ2n) is 6.30. The third kappa shape index (κ3) is 3.53. The molecule has 0 saturated heterocycles. The summed E-state index contributed by atoms with van der Waals surface area (Å²) >= 11 is 0. The van der Waals surface area contributed by atoms with Crippen molar-refractivity contribution >= 4 is 23.0 Å². The van der Waals surface area contributed by atoms with Gasteiger partial charge in [0.05, 0.1) is 19.4 Å². The zero-order valence-corrected chi connectivity index (χ0v) is 16.5. The SMILES string of the molecule is CCOc1ccc(-c2nc(C(N)=O)c3nc(NOC)n(-c4ccccc4)c3n2)cc1. The van der Waals surface area contributed by atoms with E-state index in [9.17, 15) is 4.79 Å². The number of benzene rings is 2. The molecule has 0 aliphatic rings. The van der Waals surface area contributed by atoms with Crippen LogP contribution in [0.1, 0.15) is 17.4 Å². The number of nitrogens with zero attached hydrogens (tertiary/aromatic N) is 4. The number of para-hydroxylation sites is 1. The van der Waals surface area contributed by atoms with Gasteiger partial charge in [0.1, 0.15) is 11.3 Å². The normalized spacial score (nSPS) is 10.9. The van der Waals surface area contributed by atoms with E-state index in [0.717, 1.165) is 11.4 Å². The molecule has 0 aliphatic heterocycles. The molecule has 30 heavy (non-hydrogen) atoms. The van der Waals surface area contributed by atoms with Gasteiger partial charge in [0, 0.05) is 5.56 Å². The van der Waals surface area contributed by atoms with Crippen LogP contribution < -0.4 is 16.0 Å². The number of ether oxygens (including phenoxy) is 1. The molecule has 2 heterocycles. The molecule has 1 amide bonds. The average molecular weight is 404 g/mol. The summed E-state index contributed by atoms with van der Waals surface area (Å²) in [4.78, 5) is 30.7. The summed E-state index contributed by atoms with van der Waals surface area (Å²) in [5, 5.41) is 0. The van der Waals surface area contributed by atoms with E-state index in [1.165, 1.54) is 7.11 Å². The quantitative estimate of drug-likeness (QED) is 0.455. The Balaban J connectivity index is 1.96. The second-order valence-corrected chi connectivity index (χ2v) is 6.30. The van der Waals surface area contributed by atoms with Crippen LogP contribution in [0, 0.1) is 0 Å². The molecule has 0 fully saturated rings. The predicted molar refractivity (Wildman–Crippen MR) is 112 cm³/mol. The van der Waals surface area contributed by atoms with Crippen LogP contribution in [0.25, 0.3) is 28.2 Å². The van der Waals surface area contributed by atoms with Gasteiger partial charge in [0.15, 0.2) is 17.2 Å². The van der Waals surface area contributed by atoms with Crippen molar-refractivity contribution in [3.05, 3.63) is 60.3 Å². The van der Waals surface area contributed by atoms with Crippen LogP contribution in [0.2, 0.25) is 0 Å². The van der Waals surface area contributed by atoms with E-state index in [1.807, 2.05) is 61.5 Å². The fourth-order valence-corrected chi connectivity index (χ4v) is 3.11. The van der Waals surface area contributed by atoms with Gasteiger partial charge in [-0.1, -0.05) is 18.2 Å². The molecule has 0 bridgehead atoms. The minimum atomic E-state index is -0.698. The van der Waals surface area contributed by atoms with E-state index >= 15 is 0 Å². The smallest absolute Gasteiger partial charge is 0.269 e. The van der Waals surface area contributed by atoms with Gasteiger partial charge in [-0.15, -0.1) is 0 Å². The molecule has 0 spiro atoms. The first kappa shape index (κ1) is 19.3. The molecule has 0 saturated carbocycles. The number of nitrogens with one attached hydrogen (secondary N) is 1. The molecule has 0 atom stereocenters. The maximum Gasteiger partial charge on any atom is 0.269 e. The highest BCUT2D eigenvalue weighted by molar-refractivity contribution is 6.02. The van der Waals surface area contributed by atoms with Gasteiger partial charge in [0.25, 0.3) is 5.91 Å². The number of nitrogens with two attached hydrogens (primary N) is 1. The van der Waals surface area contributed by atoms with Crippen LogP contribution in [-0.4, -0.2) is 39.1 Å². The zero-order valence-electron chi connectivity index (χ0n) is 16.5. The molecule has 2 aromatic carbocycles. The van der Waals surface area contributed by atoms with Crippen molar-refractivity contribution in [2.45, 2.75) is 6.92 Å². The molecule has 4 aromatic rings. The van der Waals surface area contributed by atoms with Gasteiger partial charge in [-0.05, 0) is 43.3 Å². The standard InChI is InChI=1S/C21H20N6O3/c1-3-30-15-11-9-13(10-12-15)19-23-16(18(22)28)17-20(25-19)27(21(24-17)26-29-2)14-7-5-4-6-8-14/h4-12H,3H2,1-2H3,(H2,22,28)(H,24,26). The van der Waals surface area contributed by atoms with E-state index in [-0.39, 0.29) is 11.2 Å². The first-order chi connectivity index (χ1) is 14.6. The topological polar surface area (TPSA) is 117 Å². The van der Waals surface area contributed by atoms with Crippen molar-refractivity contribution in [2.24, 2.45) is 5.73 Å². The molecular formula is C21H20N6O3. The monoisotopic (exact) mass is 404 g/mol. The molecule has 3 N–H and O–H groups in total. The van der Waals surface area contributed by atoms with Gasteiger partial charge in [0.2, 0.25) is 5.95 Å². The Morgan fingerprint density at radius 2 is 1.80 bits per heavy atom. The number of amides is 1.